The number of ketones is 1. The number of piperidine rings is 1. The highest BCUT2D eigenvalue weighted by Crippen LogP contribution is 2.38. The van der Waals surface area contributed by atoms with Crippen LogP contribution in [0.25, 0.3) is 10.9 Å². The number of methoxy groups -OCH3 is 1. The molecule has 0 spiro atoms. The largest absolute Gasteiger partial charge is 0.495 e. The summed E-state index contributed by atoms with van der Waals surface area (Å²) in [6, 6.07) is 3.64. The Morgan fingerprint density at radius 1 is 1.26 bits per heavy atom. The number of carbonyl (C=O) groups is 3. The minimum atomic E-state index is -0.439. The van der Waals surface area contributed by atoms with Crippen LogP contribution in [0.2, 0.25) is 0 Å². The number of nitrogens with zero attached hydrogens (tertiary/aromatic N) is 2. The molecule has 0 saturated carbocycles. The van der Waals surface area contributed by atoms with Gasteiger partial charge >= 0.3 is 5.97 Å². The number of anilines is 1. The van der Waals surface area contributed by atoms with Crippen molar-refractivity contribution in [3.63, 3.8) is 0 Å². The van der Waals surface area contributed by atoms with Crippen LogP contribution in [0.4, 0.5) is 5.69 Å². The number of hydrogen-bond acceptors (Lipinski definition) is 6. The number of fused-ring (bicyclic) bond motifs is 1. The first kappa shape index (κ1) is 22.8. The van der Waals surface area contributed by atoms with Crippen molar-refractivity contribution in [2.75, 3.05) is 32.1 Å². The van der Waals surface area contributed by atoms with Crippen molar-refractivity contribution < 1.29 is 23.9 Å². The zero-order valence-corrected chi connectivity index (χ0v) is 19.1. The van der Waals surface area contributed by atoms with Gasteiger partial charge in [0.1, 0.15) is 11.5 Å². The molecule has 3 rings (SSSR count). The first-order valence-corrected chi connectivity index (χ1v) is 10.6. The molecule has 8 heteroatoms. The number of hydrogen-bond donors (Lipinski definition) is 1. The molecule has 0 bridgehead atoms. The Kier molecular flexibility index (Phi) is 6.69. The number of likely N-dealkylation sites (tertiary alicyclic amines) is 1. The van der Waals surface area contributed by atoms with Crippen molar-refractivity contribution in [3.8, 4) is 5.75 Å². The average molecular weight is 430 g/mol. The highest BCUT2D eigenvalue weighted by Gasteiger charge is 2.31. The number of esters is 1. The fraction of sp³-hybridized carbons (Fsp3) is 0.522. The Morgan fingerprint density at radius 2 is 1.97 bits per heavy atom. The van der Waals surface area contributed by atoms with Crippen molar-refractivity contribution in [2.45, 2.75) is 40.2 Å². The van der Waals surface area contributed by atoms with Crippen LogP contribution < -0.4 is 10.1 Å². The number of aryl methyl sites for hydroxylation is 1. The van der Waals surface area contributed by atoms with Gasteiger partial charge in [0.2, 0.25) is 5.91 Å². The van der Waals surface area contributed by atoms with Crippen molar-refractivity contribution in [3.05, 3.63) is 23.4 Å². The minimum absolute atomic E-state index is 0.00111. The van der Waals surface area contributed by atoms with Crippen LogP contribution in [-0.4, -0.2) is 60.0 Å². The Morgan fingerprint density at radius 3 is 2.61 bits per heavy atom. The monoisotopic (exact) mass is 429 g/mol. The van der Waals surface area contributed by atoms with E-state index in [1.807, 2.05) is 43.4 Å². The molecule has 0 radical (unpaired) electrons. The third-order valence-corrected chi connectivity index (χ3v) is 6.11. The first-order chi connectivity index (χ1) is 14.7. The molecule has 2 aromatic rings. The van der Waals surface area contributed by atoms with Crippen LogP contribution in [0.3, 0.4) is 0 Å². The zero-order chi connectivity index (χ0) is 22.9. The van der Waals surface area contributed by atoms with E-state index in [0.29, 0.717) is 35.4 Å². The standard InChI is InChI=1S/C23H31N3O5/c1-7-31-23(29)20-15(4)25(5)16-8-9-18(30-6)22(21(16)20)24-19(28)12-26-11-13(2)17(27)10-14(26)3/h8-9,13-14H,7,10-12H2,1-6H3,(H,24,28)/t13-,14+/m0/s1. The molecule has 1 N–H and O–H groups in total. The second kappa shape index (κ2) is 9.09. The van der Waals surface area contributed by atoms with E-state index in [9.17, 15) is 14.4 Å². The molecule has 31 heavy (non-hydrogen) atoms. The topological polar surface area (TPSA) is 89.9 Å². The van der Waals surface area contributed by atoms with Gasteiger partial charge < -0.3 is 19.4 Å². The SMILES string of the molecule is CCOC(=O)c1c(C)n(C)c2ccc(OC)c(NC(=O)CN3C[C@H](C)C(=O)C[C@H]3C)c12. The van der Waals surface area contributed by atoms with Crippen molar-refractivity contribution in [2.24, 2.45) is 13.0 Å². The molecule has 1 aliphatic heterocycles. The van der Waals surface area contributed by atoms with Gasteiger partial charge in [-0.05, 0) is 32.9 Å². The highest BCUT2D eigenvalue weighted by atomic mass is 16.5. The molecule has 0 aliphatic carbocycles. The number of ether oxygens (including phenoxy) is 2. The van der Waals surface area contributed by atoms with Crippen LogP contribution in [0.1, 0.15) is 43.2 Å². The second-order valence-electron chi connectivity index (χ2n) is 8.17. The summed E-state index contributed by atoms with van der Waals surface area (Å²) in [6.07, 6.45) is 0.443. The summed E-state index contributed by atoms with van der Waals surface area (Å²) in [4.78, 5) is 39.7. The van der Waals surface area contributed by atoms with Gasteiger partial charge in [-0.15, -0.1) is 0 Å². The maximum Gasteiger partial charge on any atom is 0.340 e. The predicted octanol–water partition coefficient (Wildman–Crippen LogP) is 2.91. The quantitative estimate of drug-likeness (QED) is 0.710. The molecule has 8 nitrogen and oxygen atoms in total. The van der Waals surface area contributed by atoms with Gasteiger partial charge in [0.15, 0.2) is 0 Å². The van der Waals surface area contributed by atoms with E-state index in [1.54, 1.807) is 13.0 Å². The molecule has 1 aromatic heterocycles. The summed E-state index contributed by atoms with van der Waals surface area (Å²) in [5.41, 5.74) is 2.40. The molecule has 1 amide bonds. The summed E-state index contributed by atoms with van der Waals surface area (Å²) < 4.78 is 12.7. The van der Waals surface area contributed by atoms with Crippen LogP contribution in [0, 0.1) is 12.8 Å². The maximum atomic E-state index is 13.0. The van der Waals surface area contributed by atoms with E-state index in [4.69, 9.17) is 9.47 Å². The minimum Gasteiger partial charge on any atom is -0.495 e. The summed E-state index contributed by atoms with van der Waals surface area (Å²) in [5, 5.41) is 3.56. The first-order valence-electron chi connectivity index (χ1n) is 10.6. The lowest BCUT2D eigenvalue weighted by atomic mass is 9.93. The summed E-state index contributed by atoms with van der Waals surface area (Å²) >= 11 is 0. The van der Waals surface area contributed by atoms with E-state index >= 15 is 0 Å². The van der Waals surface area contributed by atoms with E-state index in [-0.39, 0.29) is 36.8 Å². The maximum absolute atomic E-state index is 13.0. The average Bonchev–Trinajstić information content (AvgIpc) is 2.97. The van der Waals surface area contributed by atoms with E-state index in [0.717, 1.165) is 11.2 Å². The summed E-state index contributed by atoms with van der Waals surface area (Å²) in [6.45, 7) is 8.40. The number of carbonyl (C=O) groups excluding carboxylic acids is 3. The second-order valence-corrected chi connectivity index (χ2v) is 8.17. The lowest BCUT2D eigenvalue weighted by molar-refractivity contribution is -0.129. The van der Waals surface area contributed by atoms with Gasteiger partial charge in [0.25, 0.3) is 0 Å². The van der Waals surface area contributed by atoms with Gasteiger partial charge in [0.05, 0.1) is 37.0 Å². The molecule has 0 unspecified atom stereocenters. The number of amides is 1. The molecular formula is C23H31N3O5. The molecule has 1 aliphatic rings. The molecule has 1 aromatic carbocycles. The number of aromatic nitrogens is 1. The Hall–Kier alpha value is -2.87. The van der Waals surface area contributed by atoms with Crippen molar-refractivity contribution in [1.29, 1.82) is 0 Å². The molecule has 2 atom stereocenters. The fourth-order valence-electron chi connectivity index (χ4n) is 4.22. The lowest BCUT2D eigenvalue weighted by Crippen LogP contribution is -2.48. The van der Waals surface area contributed by atoms with Gasteiger partial charge in [-0.3, -0.25) is 14.5 Å². The van der Waals surface area contributed by atoms with Crippen LogP contribution in [-0.2, 0) is 21.4 Å². The van der Waals surface area contributed by atoms with Crippen LogP contribution >= 0.6 is 0 Å². The molecule has 168 valence electrons. The number of Topliss-reactive ketones (excluding diaryl/α,β-unsaturated/α-hetero) is 1. The normalized spacial score (nSPS) is 19.5. The number of nitrogens with one attached hydrogen (secondary N) is 1. The fourth-order valence-corrected chi connectivity index (χ4v) is 4.22. The van der Waals surface area contributed by atoms with E-state index in [1.165, 1.54) is 7.11 Å². The number of benzene rings is 1. The Bertz CT molecular complexity index is 1030. The van der Waals surface area contributed by atoms with Crippen molar-refractivity contribution >= 4 is 34.3 Å². The van der Waals surface area contributed by atoms with Crippen molar-refractivity contribution in [1.82, 2.24) is 9.47 Å². The number of rotatable bonds is 6. The third-order valence-electron chi connectivity index (χ3n) is 6.11. The predicted molar refractivity (Wildman–Crippen MR) is 119 cm³/mol. The highest BCUT2D eigenvalue weighted by molar-refractivity contribution is 6.14. The van der Waals surface area contributed by atoms with Crippen LogP contribution in [0.5, 0.6) is 5.75 Å². The van der Waals surface area contributed by atoms with E-state index < -0.39 is 5.97 Å². The molecule has 2 heterocycles. The Balaban J connectivity index is 1.99. The smallest absolute Gasteiger partial charge is 0.340 e. The van der Waals surface area contributed by atoms with Gasteiger partial charge in [-0.1, -0.05) is 6.92 Å². The lowest BCUT2D eigenvalue weighted by Gasteiger charge is -2.35. The molecular weight excluding hydrogens is 398 g/mol. The summed E-state index contributed by atoms with van der Waals surface area (Å²) in [7, 11) is 3.39. The molecule has 1 saturated heterocycles. The van der Waals surface area contributed by atoms with Gasteiger partial charge in [0, 0.05) is 43.1 Å². The molecule has 1 fully saturated rings. The zero-order valence-electron chi connectivity index (χ0n) is 19.1. The third kappa shape index (κ3) is 4.30. The van der Waals surface area contributed by atoms with Gasteiger partial charge in [-0.2, -0.15) is 0 Å². The Labute approximate surface area is 182 Å². The van der Waals surface area contributed by atoms with Gasteiger partial charge in [-0.25, -0.2) is 4.79 Å². The van der Waals surface area contributed by atoms with Crippen LogP contribution in [0.15, 0.2) is 12.1 Å². The summed E-state index contributed by atoms with van der Waals surface area (Å²) in [5.74, 6) is -0.0577. The van der Waals surface area contributed by atoms with E-state index in [2.05, 4.69) is 5.32 Å².